The van der Waals surface area contributed by atoms with Crippen LogP contribution < -0.4 is 5.32 Å². The lowest BCUT2D eigenvalue weighted by atomic mass is 9.62. The molecule has 2 N–H and O–H groups in total. The number of nitrogens with one attached hydrogen (secondary N) is 1. The van der Waals surface area contributed by atoms with Gasteiger partial charge in [-0.1, -0.05) is 28.1 Å². The summed E-state index contributed by atoms with van der Waals surface area (Å²) >= 11 is 3.40. The fourth-order valence-electron chi connectivity index (χ4n) is 2.88. The largest absolute Gasteiger partial charge is 0.444 e. The Morgan fingerprint density at radius 3 is 2.24 bits per heavy atom. The van der Waals surface area contributed by atoms with Crippen LogP contribution in [-0.2, 0) is 10.3 Å². The molecule has 5 heteroatoms. The van der Waals surface area contributed by atoms with E-state index in [9.17, 15) is 9.90 Å². The number of alkyl carbamates (subject to hydrolysis) is 1. The normalized spacial score (nSPS) is 28.7. The van der Waals surface area contributed by atoms with Crippen LogP contribution in [0.4, 0.5) is 4.79 Å². The quantitative estimate of drug-likeness (QED) is 0.849. The van der Waals surface area contributed by atoms with Gasteiger partial charge in [-0.3, -0.25) is 0 Å². The number of carbonyl (C=O) groups excluding carboxylic acids is 1. The van der Waals surface area contributed by atoms with Crippen molar-refractivity contribution in [2.75, 3.05) is 0 Å². The first kappa shape index (κ1) is 16.3. The van der Waals surface area contributed by atoms with Crippen molar-refractivity contribution in [1.29, 1.82) is 0 Å². The summed E-state index contributed by atoms with van der Waals surface area (Å²) in [5.74, 6) is 0. The second-order valence-corrected chi connectivity index (χ2v) is 7.98. The molecule has 1 amide bonds. The van der Waals surface area contributed by atoms with Crippen LogP contribution in [0.2, 0.25) is 0 Å². The lowest BCUT2D eigenvalue weighted by molar-refractivity contribution is -0.0892. The first-order valence-electron chi connectivity index (χ1n) is 7.01. The number of ether oxygens (including phenoxy) is 1. The highest BCUT2D eigenvalue weighted by Crippen LogP contribution is 2.48. The van der Waals surface area contributed by atoms with Crippen molar-refractivity contribution in [1.82, 2.24) is 5.32 Å². The van der Waals surface area contributed by atoms with Crippen LogP contribution in [0.1, 0.15) is 46.1 Å². The molecule has 1 fully saturated rings. The van der Waals surface area contributed by atoms with Crippen LogP contribution in [0, 0.1) is 0 Å². The third-order valence-corrected chi connectivity index (χ3v) is 4.03. The maximum atomic E-state index is 12.1. The minimum Gasteiger partial charge on any atom is -0.444 e. The molecule has 0 radical (unpaired) electrons. The summed E-state index contributed by atoms with van der Waals surface area (Å²) in [4.78, 5) is 12.1. The Bertz CT molecular complexity index is 523. The van der Waals surface area contributed by atoms with E-state index in [1.165, 1.54) is 0 Å². The molecule has 4 nitrogen and oxygen atoms in total. The van der Waals surface area contributed by atoms with Gasteiger partial charge in [-0.25, -0.2) is 4.79 Å². The maximum Gasteiger partial charge on any atom is 0.408 e. The minimum absolute atomic E-state index is 0.457. The Kier molecular flexibility index (Phi) is 4.10. The average molecular weight is 356 g/mol. The number of hydrogen-bond acceptors (Lipinski definition) is 3. The monoisotopic (exact) mass is 355 g/mol. The molecule has 1 aliphatic carbocycles. The molecular weight excluding hydrogens is 334 g/mol. The predicted octanol–water partition coefficient (Wildman–Crippen LogP) is 3.71. The summed E-state index contributed by atoms with van der Waals surface area (Å²) in [7, 11) is 0. The van der Waals surface area contributed by atoms with Gasteiger partial charge in [0.15, 0.2) is 0 Å². The zero-order chi connectivity index (χ0) is 15.9. The fraction of sp³-hybridized carbons (Fsp3) is 0.562. The molecule has 0 atom stereocenters. The number of carbonyl (C=O) groups is 1. The highest BCUT2D eigenvalue weighted by molar-refractivity contribution is 9.10. The van der Waals surface area contributed by atoms with E-state index in [-0.39, 0.29) is 0 Å². The molecule has 21 heavy (non-hydrogen) atoms. The van der Waals surface area contributed by atoms with Crippen molar-refractivity contribution in [3.05, 3.63) is 34.3 Å². The number of halogens is 1. The highest BCUT2D eigenvalue weighted by atomic mass is 79.9. The van der Waals surface area contributed by atoms with Crippen molar-refractivity contribution >= 4 is 22.0 Å². The van der Waals surface area contributed by atoms with Crippen molar-refractivity contribution in [3.63, 3.8) is 0 Å². The van der Waals surface area contributed by atoms with Gasteiger partial charge in [-0.05, 0) is 45.4 Å². The third-order valence-electron chi connectivity index (χ3n) is 3.50. The molecule has 0 bridgehead atoms. The molecule has 0 aliphatic heterocycles. The fourth-order valence-corrected chi connectivity index (χ4v) is 3.15. The summed E-state index contributed by atoms with van der Waals surface area (Å²) in [6, 6.07) is 7.77. The molecule has 0 spiro atoms. The molecule has 116 valence electrons. The van der Waals surface area contributed by atoms with E-state index in [4.69, 9.17) is 4.74 Å². The lowest BCUT2D eigenvalue weighted by Gasteiger charge is -2.52. The molecule has 1 saturated carbocycles. The number of hydrogen-bond donors (Lipinski definition) is 2. The van der Waals surface area contributed by atoms with Crippen molar-refractivity contribution in [3.8, 4) is 0 Å². The molecule has 2 rings (SSSR count). The second-order valence-electron chi connectivity index (χ2n) is 7.07. The van der Waals surface area contributed by atoms with Gasteiger partial charge >= 0.3 is 6.09 Å². The van der Waals surface area contributed by atoms with Gasteiger partial charge in [0.05, 0.1) is 11.1 Å². The van der Waals surface area contributed by atoms with E-state index in [0.717, 1.165) is 10.0 Å². The van der Waals surface area contributed by atoms with E-state index in [0.29, 0.717) is 12.8 Å². The summed E-state index contributed by atoms with van der Waals surface area (Å²) in [5.41, 5.74) is -0.894. The third kappa shape index (κ3) is 3.98. The summed E-state index contributed by atoms with van der Waals surface area (Å²) in [5, 5.41) is 13.1. The average Bonchev–Trinajstić information content (AvgIpc) is 2.23. The Labute approximate surface area is 134 Å². The molecule has 0 unspecified atom stereocenters. The van der Waals surface area contributed by atoms with Crippen LogP contribution in [0.5, 0.6) is 0 Å². The van der Waals surface area contributed by atoms with Gasteiger partial charge in [0.2, 0.25) is 0 Å². The van der Waals surface area contributed by atoms with Gasteiger partial charge in [0.1, 0.15) is 5.60 Å². The van der Waals surface area contributed by atoms with Crippen molar-refractivity contribution in [2.24, 2.45) is 0 Å². The molecule has 1 aromatic rings. The number of rotatable bonds is 2. The molecule has 1 aromatic carbocycles. The van der Waals surface area contributed by atoms with Crippen molar-refractivity contribution < 1.29 is 14.6 Å². The van der Waals surface area contributed by atoms with Gasteiger partial charge in [-0.15, -0.1) is 0 Å². The van der Waals surface area contributed by atoms with Crippen molar-refractivity contribution in [2.45, 2.75) is 57.3 Å². The first-order chi connectivity index (χ1) is 9.51. The Morgan fingerprint density at radius 2 is 1.81 bits per heavy atom. The van der Waals surface area contributed by atoms with E-state index >= 15 is 0 Å². The Balaban J connectivity index is 2.19. The van der Waals surface area contributed by atoms with Crippen LogP contribution in [0.15, 0.2) is 28.7 Å². The zero-order valence-corrected chi connectivity index (χ0v) is 14.5. The minimum atomic E-state index is -0.762. The van der Waals surface area contributed by atoms with Gasteiger partial charge in [0.25, 0.3) is 0 Å². The summed E-state index contributed by atoms with van der Waals surface area (Å²) in [6.45, 7) is 7.27. The Hall–Kier alpha value is -1.07. The molecular formula is C16H22BrNO3. The summed E-state index contributed by atoms with van der Waals surface area (Å²) in [6.07, 6.45) is 0.489. The topological polar surface area (TPSA) is 58.6 Å². The van der Waals surface area contributed by atoms with Gasteiger partial charge in [-0.2, -0.15) is 0 Å². The SMILES string of the molecule is CC(C)(C)OC(=O)N[C@]1(c2ccc(Br)cc2)C[C@](C)(O)C1. The van der Waals surface area contributed by atoms with E-state index < -0.39 is 22.8 Å². The molecule has 0 saturated heterocycles. The van der Waals surface area contributed by atoms with E-state index in [1.54, 1.807) is 6.92 Å². The van der Waals surface area contributed by atoms with Gasteiger partial charge < -0.3 is 15.2 Å². The predicted molar refractivity (Wildman–Crippen MR) is 85.0 cm³/mol. The highest BCUT2D eigenvalue weighted by Gasteiger charge is 2.53. The van der Waals surface area contributed by atoms with Gasteiger partial charge in [0, 0.05) is 17.3 Å². The van der Waals surface area contributed by atoms with Crippen LogP contribution >= 0.6 is 15.9 Å². The number of benzene rings is 1. The first-order valence-corrected chi connectivity index (χ1v) is 7.80. The number of amides is 1. The van der Waals surface area contributed by atoms with E-state index in [1.807, 2.05) is 45.0 Å². The molecule has 1 aliphatic rings. The smallest absolute Gasteiger partial charge is 0.408 e. The molecule has 0 heterocycles. The van der Waals surface area contributed by atoms with Crippen LogP contribution in [0.25, 0.3) is 0 Å². The lowest BCUT2D eigenvalue weighted by Crippen LogP contribution is -2.62. The Morgan fingerprint density at radius 1 is 1.29 bits per heavy atom. The molecule has 0 aromatic heterocycles. The second kappa shape index (κ2) is 5.29. The number of aliphatic hydroxyl groups is 1. The zero-order valence-electron chi connectivity index (χ0n) is 12.9. The summed E-state index contributed by atoms with van der Waals surface area (Å²) < 4.78 is 6.32. The standard InChI is InChI=1S/C16H22BrNO3/c1-14(2,3)21-13(19)18-16(9-15(4,20)10-16)11-5-7-12(17)8-6-11/h5-8,20H,9-10H2,1-4H3,(H,18,19)/t15-,16+. The van der Waals surface area contributed by atoms with E-state index in [2.05, 4.69) is 21.2 Å². The maximum absolute atomic E-state index is 12.1. The van der Waals surface area contributed by atoms with Crippen LogP contribution in [0.3, 0.4) is 0 Å². The van der Waals surface area contributed by atoms with Crippen LogP contribution in [-0.4, -0.2) is 22.4 Å².